The highest BCUT2D eigenvalue weighted by atomic mass is 16.5. The van der Waals surface area contributed by atoms with Gasteiger partial charge in [0, 0.05) is 25.1 Å². The van der Waals surface area contributed by atoms with E-state index in [1.807, 2.05) is 0 Å². The van der Waals surface area contributed by atoms with Crippen LogP contribution in [0, 0.1) is 17.3 Å². The summed E-state index contributed by atoms with van der Waals surface area (Å²) in [6.07, 6.45) is 5.22. The molecule has 3 heteroatoms. The van der Waals surface area contributed by atoms with Crippen LogP contribution in [0.1, 0.15) is 46.5 Å². The molecule has 1 atom stereocenters. The quantitative estimate of drug-likeness (QED) is 0.727. The van der Waals surface area contributed by atoms with Crippen molar-refractivity contribution in [1.82, 2.24) is 10.2 Å². The molecular formula is C17H34N2O. The third-order valence-corrected chi connectivity index (χ3v) is 5.25. The van der Waals surface area contributed by atoms with Crippen LogP contribution in [-0.2, 0) is 4.74 Å². The van der Waals surface area contributed by atoms with E-state index >= 15 is 0 Å². The Hall–Kier alpha value is -0.120. The fourth-order valence-corrected chi connectivity index (χ4v) is 3.75. The van der Waals surface area contributed by atoms with Gasteiger partial charge in [0.2, 0.25) is 0 Å². The van der Waals surface area contributed by atoms with Crippen LogP contribution in [-0.4, -0.2) is 50.8 Å². The van der Waals surface area contributed by atoms with Crippen LogP contribution in [0.5, 0.6) is 0 Å². The zero-order valence-electron chi connectivity index (χ0n) is 13.8. The van der Waals surface area contributed by atoms with Gasteiger partial charge in [0.15, 0.2) is 0 Å². The average molecular weight is 282 g/mol. The second-order valence-electron chi connectivity index (χ2n) is 7.34. The van der Waals surface area contributed by atoms with Crippen LogP contribution in [0.2, 0.25) is 0 Å². The van der Waals surface area contributed by atoms with Crippen molar-refractivity contribution < 1.29 is 4.74 Å². The highest BCUT2D eigenvalue weighted by Gasteiger charge is 2.37. The van der Waals surface area contributed by atoms with Gasteiger partial charge >= 0.3 is 0 Å². The molecule has 2 saturated heterocycles. The maximum absolute atomic E-state index is 5.73. The molecule has 1 unspecified atom stereocenters. The monoisotopic (exact) mass is 282 g/mol. The van der Waals surface area contributed by atoms with Gasteiger partial charge in [0.25, 0.3) is 0 Å². The van der Waals surface area contributed by atoms with E-state index in [0.29, 0.717) is 5.41 Å². The Kier molecular flexibility index (Phi) is 6.31. The van der Waals surface area contributed by atoms with E-state index in [1.165, 1.54) is 45.3 Å². The van der Waals surface area contributed by atoms with E-state index in [-0.39, 0.29) is 0 Å². The summed E-state index contributed by atoms with van der Waals surface area (Å²) < 4.78 is 5.73. The minimum absolute atomic E-state index is 0.375. The standard InChI is InChI=1S/C17H34N2O/c1-4-8-18-12-17(7-11-20-14-17)13-19-9-5-16(6-10-19)15(2)3/h15-16,18H,4-14H2,1-3H3. The lowest BCUT2D eigenvalue weighted by Crippen LogP contribution is -2.47. The van der Waals surface area contributed by atoms with Crippen molar-refractivity contribution in [3.05, 3.63) is 0 Å². The SMILES string of the molecule is CCCNCC1(CN2CCC(C(C)C)CC2)CCOC1. The van der Waals surface area contributed by atoms with Crippen LogP contribution in [0.15, 0.2) is 0 Å². The average Bonchev–Trinajstić information content (AvgIpc) is 2.88. The molecule has 0 aromatic carbocycles. The molecule has 0 saturated carbocycles. The van der Waals surface area contributed by atoms with Gasteiger partial charge in [-0.2, -0.15) is 0 Å². The lowest BCUT2D eigenvalue weighted by Gasteiger charge is -2.39. The molecule has 0 bridgehead atoms. The molecule has 2 aliphatic rings. The third-order valence-electron chi connectivity index (χ3n) is 5.25. The smallest absolute Gasteiger partial charge is 0.0547 e. The third kappa shape index (κ3) is 4.44. The number of piperidine rings is 1. The number of nitrogens with zero attached hydrogens (tertiary/aromatic N) is 1. The van der Waals surface area contributed by atoms with Crippen LogP contribution < -0.4 is 5.32 Å². The maximum Gasteiger partial charge on any atom is 0.0547 e. The van der Waals surface area contributed by atoms with E-state index in [4.69, 9.17) is 4.74 Å². The molecule has 2 heterocycles. The van der Waals surface area contributed by atoms with Crippen molar-refractivity contribution in [2.45, 2.75) is 46.5 Å². The summed E-state index contributed by atoms with van der Waals surface area (Å²) in [6.45, 7) is 15.0. The molecular weight excluding hydrogens is 248 g/mol. The van der Waals surface area contributed by atoms with Crippen molar-refractivity contribution in [2.24, 2.45) is 17.3 Å². The first-order valence-corrected chi connectivity index (χ1v) is 8.66. The summed E-state index contributed by atoms with van der Waals surface area (Å²) in [5, 5.41) is 3.63. The first kappa shape index (κ1) is 16.3. The fourth-order valence-electron chi connectivity index (χ4n) is 3.75. The molecule has 0 amide bonds. The van der Waals surface area contributed by atoms with E-state index in [9.17, 15) is 0 Å². The zero-order valence-corrected chi connectivity index (χ0v) is 13.8. The topological polar surface area (TPSA) is 24.5 Å². The Bertz CT molecular complexity index is 266. The largest absolute Gasteiger partial charge is 0.381 e. The Morgan fingerprint density at radius 1 is 1.30 bits per heavy atom. The number of hydrogen-bond donors (Lipinski definition) is 1. The summed E-state index contributed by atoms with van der Waals surface area (Å²) in [7, 11) is 0. The van der Waals surface area contributed by atoms with Crippen LogP contribution >= 0.6 is 0 Å². The van der Waals surface area contributed by atoms with Crippen molar-refractivity contribution in [2.75, 3.05) is 45.9 Å². The summed E-state index contributed by atoms with van der Waals surface area (Å²) in [5.74, 6) is 1.80. The lowest BCUT2D eigenvalue weighted by molar-refractivity contribution is 0.0802. The fraction of sp³-hybridized carbons (Fsp3) is 1.00. The Morgan fingerprint density at radius 3 is 2.60 bits per heavy atom. The van der Waals surface area contributed by atoms with Gasteiger partial charge in [0.1, 0.15) is 0 Å². The molecule has 2 aliphatic heterocycles. The molecule has 0 radical (unpaired) electrons. The van der Waals surface area contributed by atoms with E-state index in [1.54, 1.807) is 0 Å². The minimum Gasteiger partial charge on any atom is -0.381 e. The second-order valence-corrected chi connectivity index (χ2v) is 7.34. The van der Waals surface area contributed by atoms with Gasteiger partial charge < -0.3 is 15.0 Å². The number of nitrogens with one attached hydrogen (secondary N) is 1. The van der Waals surface area contributed by atoms with E-state index < -0.39 is 0 Å². The molecule has 2 fully saturated rings. The molecule has 0 aromatic rings. The summed E-state index contributed by atoms with van der Waals surface area (Å²) >= 11 is 0. The van der Waals surface area contributed by atoms with E-state index in [2.05, 4.69) is 31.0 Å². The summed E-state index contributed by atoms with van der Waals surface area (Å²) in [6, 6.07) is 0. The minimum atomic E-state index is 0.375. The molecule has 3 nitrogen and oxygen atoms in total. The zero-order chi connectivity index (χ0) is 14.4. The maximum atomic E-state index is 5.73. The van der Waals surface area contributed by atoms with Crippen LogP contribution in [0.3, 0.4) is 0 Å². The molecule has 118 valence electrons. The van der Waals surface area contributed by atoms with Gasteiger partial charge in [-0.25, -0.2) is 0 Å². The molecule has 0 aliphatic carbocycles. The summed E-state index contributed by atoms with van der Waals surface area (Å²) in [4.78, 5) is 2.70. The highest BCUT2D eigenvalue weighted by molar-refractivity contribution is 4.89. The second kappa shape index (κ2) is 7.77. The molecule has 2 rings (SSSR count). The first-order valence-electron chi connectivity index (χ1n) is 8.66. The Morgan fingerprint density at radius 2 is 2.05 bits per heavy atom. The molecule has 1 N–H and O–H groups in total. The van der Waals surface area contributed by atoms with Gasteiger partial charge in [-0.15, -0.1) is 0 Å². The van der Waals surface area contributed by atoms with Gasteiger partial charge in [-0.3, -0.25) is 0 Å². The van der Waals surface area contributed by atoms with Gasteiger partial charge in [0.05, 0.1) is 6.61 Å². The molecule has 20 heavy (non-hydrogen) atoms. The van der Waals surface area contributed by atoms with Crippen molar-refractivity contribution in [3.63, 3.8) is 0 Å². The van der Waals surface area contributed by atoms with Crippen LogP contribution in [0.25, 0.3) is 0 Å². The Balaban J connectivity index is 1.80. The predicted octanol–water partition coefficient (Wildman–Crippen LogP) is 2.76. The predicted molar refractivity (Wildman–Crippen MR) is 85.0 cm³/mol. The molecule has 0 aromatic heterocycles. The van der Waals surface area contributed by atoms with Crippen molar-refractivity contribution in [1.29, 1.82) is 0 Å². The van der Waals surface area contributed by atoms with E-state index in [0.717, 1.165) is 38.1 Å². The first-order chi connectivity index (χ1) is 9.65. The Labute approximate surface area is 125 Å². The lowest BCUT2D eigenvalue weighted by atomic mass is 9.83. The number of ether oxygens (including phenoxy) is 1. The normalized spacial score (nSPS) is 29.4. The number of hydrogen-bond acceptors (Lipinski definition) is 3. The molecule has 0 spiro atoms. The van der Waals surface area contributed by atoms with Crippen molar-refractivity contribution in [3.8, 4) is 0 Å². The van der Waals surface area contributed by atoms with Gasteiger partial charge in [-0.1, -0.05) is 20.8 Å². The van der Waals surface area contributed by atoms with Crippen molar-refractivity contribution >= 4 is 0 Å². The number of rotatable bonds is 7. The number of likely N-dealkylation sites (tertiary alicyclic amines) is 1. The summed E-state index contributed by atoms with van der Waals surface area (Å²) in [5.41, 5.74) is 0.375. The highest BCUT2D eigenvalue weighted by Crippen LogP contribution is 2.32. The van der Waals surface area contributed by atoms with Gasteiger partial charge in [-0.05, 0) is 57.2 Å². The van der Waals surface area contributed by atoms with Crippen LogP contribution in [0.4, 0.5) is 0 Å².